The molecule has 0 atom stereocenters. The van der Waals surface area contributed by atoms with Crippen molar-refractivity contribution in [2.75, 3.05) is 0 Å². The Morgan fingerprint density at radius 3 is 2.65 bits per heavy atom. The molecule has 132 valence electrons. The summed E-state index contributed by atoms with van der Waals surface area (Å²) in [6, 6.07) is 10.0. The largest absolute Gasteiger partial charge is 0.332 e. The zero-order valence-corrected chi connectivity index (χ0v) is 14.8. The second kappa shape index (κ2) is 6.59. The fourth-order valence-electron chi connectivity index (χ4n) is 3.08. The molecule has 0 unspecified atom stereocenters. The Hall–Kier alpha value is -3.22. The molecule has 0 aliphatic rings. The third-order valence-electron chi connectivity index (χ3n) is 4.32. The smallest absolute Gasteiger partial charge is 0.279 e. The molecule has 0 spiro atoms. The average Bonchev–Trinajstić information content (AvgIpc) is 3.25. The fraction of sp³-hybridized carbons (Fsp3) is 0.263. The molecule has 0 aliphatic heterocycles. The van der Waals surface area contributed by atoms with Gasteiger partial charge in [-0.3, -0.25) is 14.0 Å². The SMILES string of the molecule is CCCn1c(Cc2ccccc2)nc2nc(-c3cnn(C)c3)[nH]c2c1=O. The van der Waals surface area contributed by atoms with Crippen molar-refractivity contribution in [1.29, 1.82) is 0 Å². The number of benzene rings is 1. The maximum Gasteiger partial charge on any atom is 0.279 e. The van der Waals surface area contributed by atoms with E-state index in [9.17, 15) is 4.79 Å². The maximum absolute atomic E-state index is 13.0. The molecular formula is C19H20N6O. The zero-order chi connectivity index (χ0) is 18.1. The van der Waals surface area contributed by atoms with Crippen molar-refractivity contribution in [1.82, 2.24) is 29.3 Å². The quantitative estimate of drug-likeness (QED) is 0.601. The minimum atomic E-state index is -0.0783. The van der Waals surface area contributed by atoms with Crippen LogP contribution in [0.1, 0.15) is 24.7 Å². The van der Waals surface area contributed by atoms with E-state index >= 15 is 0 Å². The summed E-state index contributed by atoms with van der Waals surface area (Å²) in [6.07, 6.45) is 5.03. The molecule has 7 nitrogen and oxygen atoms in total. The van der Waals surface area contributed by atoms with Crippen molar-refractivity contribution in [3.05, 3.63) is 64.5 Å². The van der Waals surface area contributed by atoms with Crippen LogP contribution in [0.4, 0.5) is 0 Å². The van der Waals surface area contributed by atoms with Gasteiger partial charge in [-0.05, 0) is 12.0 Å². The van der Waals surface area contributed by atoms with Crippen LogP contribution >= 0.6 is 0 Å². The first-order chi connectivity index (χ1) is 12.7. The number of aromatic amines is 1. The Kier molecular flexibility index (Phi) is 4.12. The van der Waals surface area contributed by atoms with Crippen LogP contribution in [-0.2, 0) is 20.0 Å². The lowest BCUT2D eigenvalue weighted by atomic mass is 10.1. The van der Waals surface area contributed by atoms with E-state index in [1.807, 2.05) is 43.6 Å². The Balaban J connectivity index is 1.85. The van der Waals surface area contributed by atoms with Gasteiger partial charge in [0, 0.05) is 26.2 Å². The molecule has 0 radical (unpaired) electrons. The minimum absolute atomic E-state index is 0.0783. The van der Waals surface area contributed by atoms with Gasteiger partial charge in [-0.15, -0.1) is 0 Å². The predicted molar refractivity (Wildman–Crippen MR) is 99.9 cm³/mol. The first-order valence-corrected chi connectivity index (χ1v) is 8.68. The van der Waals surface area contributed by atoms with E-state index in [2.05, 4.69) is 22.0 Å². The second-order valence-electron chi connectivity index (χ2n) is 6.33. The molecule has 0 bridgehead atoms. The Bertz CT molecular complexity index is 1110. The average molecular weight is 348 g/mol. The minimum Gasteiger partial charge on any atom is -0.332 e. The van der Waals surface area contributed by atoms with Crippen molar-refractivity contribution in [2.45, 2.75) is 26.3 Å². The van der Waals surface area contributed by atoms with Gasteiger partial charge in [-0.1, -0.05) is 37.3 Å². The second-order valence-corrected chi connectivity index (χ2v) is 6.33. The maximum atomic E-state index is 13.0. The molecule has 4 aromatic rings. The number of fused-ring (bicyclic) bond motifs is 1. The molecule has 0 aliphatic carbocycles. The van der Waals surface area contributed by atoms with E-state index < -0.39 is 0 Å². The molecule has 3 heterocycles. The van der Waals surface area contributed by atoms with Gasteiger partial charge in [0.25, 0.3) is 5.56 Å². The number of nitrogens with one attached hydrogen (secondary N) is 1. The summed E-state index contributed by atoms with van der Waals surface area (Å²) in [5.41, 5.74) is 2.76. The topological polar surface area (TPSA) is 81.4 Å². The van der Waals surface area contributed by atoms with E-state index in [0.29, 0.717) is 30.0 Å². The number of imidazole rings is 1. The van der Waals surface area contributed by atoms with Crippen LogP contribution in [0.25, 0.3) is 22.6 Å². The normalized spacial score (nSPS) is 11.3. The van der Waals surface area contributed by atoms with E-state index in [1.54, 1.807) is 15.4 Å². The van der Waals surface area contributed by atoms with Gasteiger partial charge in [-0.25, -0.2) is 9.97 Å². The van der Waals surface area contributed by atoms with Gasteiger partial charge < -0.3 is 4.98 Å². The van der Waals surface area contributed by atoms with Crippen molar-refractivity contribution in [2.24, 2.45) is 7.05 Å². The van der Waals surface area contributed by atoms with Crippen LogP contribution in [0.3, 0.4) is 0 Å². The summed E-state index contributed by atoms with van der Waals surface area (Å²) in [6.45, 7) is 2.68. The molecule has 7 heteroatoms. The van der Waals surface area contributed by atoms with Crippen molar-refractivity contribution in [3.8, 4) is 11.4 Å². The highest BCUT2D eigenvalue weighted by atomic mass is 16.1. The number of aryl methyl sites for hydroxylation is 1. The van der Waals surface area contributed by atoms with E-state index in [0.717, 1.165) is 23.4 Å². The summed E-state index contributed by atoms with van der Waals surface area (Å²) >= 11 is 0. The molecule has 26 heavy (non-hydrogen) atoms. The third kappa shape index (κ3) is 2.92. The van der Waals surface area contributed by atoms with Crippen LogP contribution < -0.4 is 5.56 Å². The highest BCUT2D eigenvalue weighted by Crippen LogP contribution is 2.18. The van der Waals surface area contributed by atoms with Gasteiger partial charge in [0.15, 0.2) is 11.2 Å². The number of H-pyrrole nitrogens is 1. The Labute approximate surface area is 150 Å². The predicted octanol–water partition coefficient (Wildman–Crippen LogP) is 2.52. The zero-order valence-electron chi connectivity index (χ0n) is 14.8. The molecular weight excluding hydrogens is 328 g/mol. The van der Waals surface area contributed by atoms with Crippen LogP contribution in [0, 0.1) is 0 Å². The molecule has 0 fully saturated rings. The number of nitrogens with zero attached hydrogens (tertiary/aromatic N) is 5. The first-order valence-electron chi connectivity index (χ1n) is 8.68. The fourth-order valence-corrected chi connectivity index (χ4v) is 3.08. The van der Waals surface area contributed by atoms with Gasteiger partial charge in [0.05, 0.1) is 11.8 Å². The van der Waals surface area contributed by atoms with Crippen molar-refractivity contribution >= 4 is 11.2 Å². The third-order valence-corrected chi connectivity index (χ3v) is 4.32. The van der Waals surface area contributed by atoms with Crippen LogP contribution in [0.5, 0.6) is 0 Å². The number of hydrogen-bond donors (Lipinski definition) is 1. The summed E-state index contributed by atoms with van der Waals surface area (Å²) in [5.74, 6) is 1.34. The monoisotopic (exact) mass is 348 g/mol. The molecule has 3 aromatic heterocycles. The molecule has 0 saturated heterocycles. The summed E-state index contributed by atoms with van der Waals surface area (Å²) in [7, 11) is 1.84. The molecule has 1 aromatic carbocycles. The summed E-state index contributed by atoms with van der Waals surface area (Å²) in [5, 5.41) is 4.16. The number of rotatable bonds is 5. The van der Waals surface area contributed by atoms with Gasteiger partial charge in [-0.2, -0.15) is 5.10 Å². The van der Waals surface area contributed by atoms with Gasteiger partial charge in [0.1, 0.15) is 11.6 Å². The van der Waals surface area contributed by atoms with Crippen molar-refractivity contribution < 1.29 is 0 Å². The van der Waals surface area contributed by atoms with Gasteiger partial charge in [0.2, 0.25) is 0 Å². The van der Waals surface area contributed by atoms with E-state index in [4.69, 9.17) is 4.98 Å². The van der Waals surface area contributed by atoms with Gasteiger partial charge >= 0.3 is 0 Å². The molecule has 0 amide bonds. The lowest BCUT2D eigenvalue weighted by molar-refractivity contribution is 0.613. The van der Waals surface area contributed by atoms with Crippen LogP contribution in [0.2, 0.25) is 0 Å². The number of aromatic nitrogens is 6. The van der Waals surface area contributed by atoms with E-state index in [1.165, 1.54) is 0 Å². The standard InChI is InChI=1S/C19H20N6O/c1-3-9-25-15(10-13-7-5-4-6-8-13)21-18-16(19(25)26)22-17(23-18)14-11-20-24(2)12-14/h4-8,11-12H,3,9-10H2,1-2H3,(H,22,23). The Morgan fingerprint density at radius 1 is 1.15 bits per heavy atom. The van der Waals surface area contributed by atoms with Crippen LogP contribution in [0.15, 0.2) is 47.5 Å². The highest BCUT2D eigenvalue weighted by Gasteiger charge is 2.16. The van der Waals surface area contributed by atoms with E-state index in [-0.39, 0.29) is 5.56 Å². The number of hydrogen-bond acceptors (Lipinski definition) is 4. The Morgan fingerprint density at radius 2 is 1.96 bits per heavy atom. The van der Waals surface area contributed by atoms with Crippen LogP contribution in [-0.4, -0.2) is 29.3 Å². The highest BCUT2D eigenvalue weighted by molar-refractivity contribution is 5.74. The first kappa shape index (κ1) is 16.3. The lowest BCUT2D eigenvalue weighted by Crippen LogP contribution is -2.25. The molecule has 1 N–H and O–H groups in total. The molecule has 0 saturated carbocycles. The lowest BCUT2D eigenvalue weighted by Gasteiger charge is -2.11. The molecule has 4 rings (SSSR count). The summed E-state index contributed by atoms with van der Waals surface area (Å²) in [4.78, 5) is 25.4. The van der Waals surface area contributed by atoms with Crippen molar-refractivity contribution in [3.63, 3.8) is 0 Å². The summed E-state index contributed by atoms with van der Waals surface area (Å²) < 4.78 is 3.45.